The zero-order valence-electron chi connectivity index (χ0n) is 11.1. The number of anilines is 1. The average Bonchev–Trinajstić information content (AvgIpc) is 2.48. The van der Waals surface area contributed by atoms with Gasteiger partial charge in [-0.1, -0.05) is 6.07 Å². The number of benzene rings is 1. The Bertz CT molecular complexity index is 628. The lowest BCUT2D eigenvalue weighted by Gasteiger charge is -2.27. The van der Waals surface area contributed by atoms with Gasteiger partial charge in [0, 0.05) is 12.1 Å². The van der Waals surface area contributed by atoms with Crippen molar-refractivity contribution >= 4 is 29.1 Å². The summed E-state index contributed by atoms with van der Waals surface area (Å²) < 4.78 is 4.78. The number of nitro benzene ring substituents is 1. The Kier molecular flexibility index (Phi) is 4.12. The van der Waals surface area contributed by atoms with Gasteiger partial charge >= 0.3 is 5.97 Å². The van der Waals surface area contributed by atoms with Crippen LogP contribution in [0, 0.1) is 10.1 Å². The number of esters is 1. The molecule has 0 bridgehead atoms. The maximum Gasteiger partial charge on any atom is 0.375 e. The average molecular weight is 292 g/mol. The minimum atomic E-state index is -0.694. The van der Waals surface area contributed by atoms with Crippen LogP contribution in [0.2, 0.25) is 0 Å². The second kappa shape index (κ2) is 5.99. The number of rotatable bonds is 4. The van der Waals surface area contributed by atoms with Gasteiger partial charge in [0.15, 0.2) is 0 Å². The van der Waals surface area contributed by atoms with Crippen LogP contribution >= 0.6 is 0 Å². The fourth-order valence-electron chi connectivity index (χ4n) is 1.68. The van der Waals surface area contributed by atoms with Crippen molar-refractivity contribution in [3.63, 3.8) is 0 Å². The summed E-state index contributed by atoms with van der Waals surface area (Å²) in [7, 11) is 0. The Morgan fingerprint density at radius 2 is 2.33 bits per heavy atom. The topological polar surface area (TPSA) is 114 Å². The van der Waals surface area contributed by atoms with Gasteiger partial charge in [0.25, 0.3) is 11.6 Å². The second-order valence-corrected chi connectivity index (χ2v) is 4.00. The predicted octanol–water partition coefficient (Wildman–Crippen LogP) is 0.408. The van der Waals surface area contributed by atoms with Crippen LogP contribution in [-0.2, 0) is 14.3 Å². The molecule has 0 saturated carbocycles. The van der Waals surface area contributed by atoms with Crippen LogP contribution in [-0.4, -0.2) is 35.8 Å². The number of ether oxygens (including phenoxy) is 1. The Hall–Kier alpha value is -2.97. The summed E-state index contributed by atoms with van der Waals surface area (Å²) in [5.74, 6) is -1.26. The molecule has 1 aromatic rings. The van der Waals surface area contributed by atoms with Crippen LogP contribution in [0.1, 0.15) is 6.92 Å². The fraction of sp³-hybridized carbons (Fsp3) is 0.250. The van der Waals surface area contributed by atoms with Crippen molar-refractivity contribution in [2.75, 3.05) is 18.2 Å². The Morgan fingerprint density at radius 1 is 1.57 bits per heavy atom. The molecule has 1 aliphatic rings. The van der Waals surface area contributed by atoms with Crippen LogP contribution in [0.3, 0.4) is 0 Å². The monoisotopic (exact) mass is 292 g/mol. The van der Waals surface area contributed by atoms with Gasteiger partial charge in [-0.2, -0.15) is 0 Å². The molecule has 0 unspecified atom stereocenters. The van der Waals surface area contributed by atoms with Gasteiger partial charge in [0.05, 0.1) is 17.2 Å². The van der Waals surface area contributed by atoms with E-state index in [9.17, 15) is 19.7 Å². The minimum absolute atomic E-state index is 0.122. The molecule has 1 amide bonds. The number of carbonyl (C=O) groups is 2. The molecular weight excluding hydrogens is 280 g/mol. The molecule has 9 heteroatoms. The lowest BCUT2D eigenvalue weighted by Crippen LogP contribution is -2.54. The third-order valence-corrected chi connectivity index (χ3v) is 2.61. The number of hydrazine groups is 1. The SMILES string of the molecule is CCOC(=O)C1=NCC(=O)N(c2cccc([N+](=O)[O-])c2)N1. The highest BCUT2D eigenvalue weighted by atomic mass is 16.6. The number of amides is 1. The first kappa shape index (κ1) is 14.4. The largest absolute Gasteiger partial charge is 0.460 e. The first-order valence-corrected chi connectivity index (χ1v) is 6.08. The van der Waals surface area contributed by atoms with Crippen LogP contribution in [0.5, 0.6) is 0 Å². The number of nitro groups is 1. The summed E-state index contributed by atoms with van der Waals surface area (Å²) in [6, 6.07) is 5.47. The number of hydrogen-bond acceptors (Lipinski definition) is 7. The van der Waals surface area contributed by atoms with Gasteiger partial charge in [-0.15, -0.1) is 0 Å². The van der Waals surface area contributed by atoms with Crippen molar-refractivity contribution in [2.24, 2.45) is 4.99 Å². The molecule has 9 nitrogen and oxygen atoms in total. The van der Waals surface area contributed by atoms with Crippen LogP contribution in [0.25, 0.3) is 0 Å². The van der Waals surface area contributed by atoms with Crippen molar-refractivity contribution in [2.45, 2.75) is 6.92 Å². The first-order chi connectivity index (χ1) is 10.0. The molecule has 1 heterocycles. The molecule has 0 aliphatic carbocycles. The van der Waals surface area contributed by atoms with E-state index in [2.05, 4.69) is 10.4 Å². The highest BCUT2D eigenvalue weighted by Crippen LogP contribution is 2.21. The molecule has 0 aromatic heterocycles. The summed E-state index contributed by atoms with van der Waals surface area (Å²) >= 11 is 0. The molecule has 0 saturated heterocycles. The van der Waals surface area contributed by atoms with Gasteiger partial charge in [-0.3, -0.25) is 25.3 Å². The molecule has 1 N–H and O–H groups in total. The second-order valence-electron chi connectivity index (χ2n) is 4.00. The van der Waals surface area contributed by atoms with E-state index >= 15 is 0 Å². The lowest BCUT2D eigenvalue weighted by molar-refractivity contribution is -0.384. The number of nitrogens with zero attached hydrogens (tertiary/aromatic N) is 3. The molecular formula is C12H12N4O5. The molecule has 0 atom stereocenters. The maximum absolute atomic E-state index is 11.8. The predicted molar refractivity (Wildman–Crippen MR) is 72.7 cm³/mol. The quantitative estimate of drug-likeness (QED) is 0.488. The highest BCUT2D eigenvalue weighted by molar-refractivity contribution is 6.37. The third kappa shape index (κ3) is 3.14. The number of hydrogen-bond donors (Lipinski definition) is 1. The molecule has 1 aromatic carbocycles. The van der Waals surface area contributed by atoms with E-state index in [1.165, 1.54) is 24.3 Å². The standard InChI is InChI=1S/C12H12N4O5/c1-2-21-12(18)11-13-7-10(17)15(14-11)8-4-3-5-9(6-8)16(19)20/h3-6H,2,7H2,1H3,(H,13,14). The zero-order valence-corrected chi connectivity index (χ0v) is 11.1. The summed E-state index contributed by atoms with van der Waals surface area (Å²) in [6.07, 6.45) is 0. The summed E-state index contributed by atoms with van der Waals surface area (Å²) in [4.78, 5) is 37.4. The van der Waals surface area contributed by atoms with Crippen LogP contribution < -0.4 is 10.4 Å². The van der Waals surface area contributed by atoms with Crippen molar-refractivity contribution in [3.05, 3.63) is 34.4 Å². The molecule has 0 radical (unpaired) electrons. The van der Waals surface area contributed by atoms with Gasteiger partial charge < -0.3 is 4.74 Å². The number of carbonyl (C=O) groups excluding carboxylic acids is 2. The van der Waals surface area contributed by atoms with Crippen molar-refractivity contribution < 1.29 is 19.2 Å². The summed E-state index contributed by atoms with van der Waals surface area (Å²) in [5.41, 5.74) is 2.58. The molecule has 0 fully saturated rings. The van der Waals surface area contributed by atoms with Crippen LogP contribution in [0.4, 0.5) is 11.4 Å². The van der Waals surface area contributed by atoms with E-state index in [4.69, 9.17) is 4.74 Å². The number of nitrogens with one attached hydrogen (secondary N) is 1. The van der Waals surface area contributed by atoms with E-state index in [0.717, 1.165) is 5.01 Å². The zero-order chi connectivity index (χ0) is 15.4. The fourth-order valence-corrected chi connectivity index (χ4v) is 1.68. The van der Waals surface area contributed by atoms with E-state index in [1.54, 1.807) is 6.92 Å². The van der Waals surface area contributed by atoms with Gasteiger partial charge in [0.2, 0.25) is 5.84 Å². The summed E-state index contributed by atoms with van der Waals surface area (Å²) in [6.45, 7) is 1.57. The number of amidine groups is 1. The molecule has 21 heavy (non-hydrogen) atoms. The Balaban J connectivity index is 2.25. The van der Waals surface area contributed by atoms with Gasteiger partial charge in [-0.25, -0.2) is 9.80 Å². The van der Waals surface area contributed by atoms with Crippen molar-refractivity contribution in [1.82, 2.24) is 5.43 Å². The van der Waals surface area contributed by atoms with Gasteiger partial charge in [-0.05, 0) is 13.0 Å². The Morgan fingerprint density at radius 3 is 3.00 bits per heavy atom. The smallest absolute Gasteiger partial charge is 0.375 e. The molecule has 0 spiro atoms. The number of non-ortho nitro benzene ring substituents is 1. The van der Waals surface area contributed by atoms with E-state index in [-0.39, 0.29) is 30.4 Å². The normalized spacial score (nSPS) is 14.2. The molecule has 110 valence electrons. The molecule has 1 aliphatic heterocycles. The van der Waals surface area contributed by atoms with Crippen LogP contribution in [0.15, 0.2) is 29.3 Å². The van der Waals surface area contributed by atoms with Crippen molar-refractivity contribution in [1.29, 1.82) is 0 Å². The minimum Gasteiger partial charge on any atom is -0.460 e. The third-order valence-electron chi connectivity index (χ3n) is 2.61. The highest BCUT2D eigenvalue weighted by Gasteiger charge is 2.27. The first-order valence-electron chi connectivity index (χ1n) is 6.08. The van der Waals surface area contributed by atoms with E-state index in [0.29, 0.717) is 0 Å². The molecule has 2 rings (SSSR count). The maximum atomic E-state index is 11.8. The van der Waals surface area contributed by atoms with E-state index < -0.39 is 16.8 Å². The van der Waals surface area contributed by atoms with E-state index in [1.807, 2.05) is 0 Å². The van der Waals surface area contributed by atoms with Gasteiger partial charge in [0.1, 0.15) is 6.54 Å². The number of aliphatic imine (C=N–C) groups is 1. The van der Waals surface area contributed by atoms with Crippen molar-refractivity contribution in [3.8, 4) is 0 Å². The lowest BCUT2D eigenvalue weighted by atomic mass is 10.2. The summed E-state index contributed by atoms with van der Waals surface area (Å²) in [5, 5.41) is 11.8. The Labute approximate surface area is 119 Å².